The molecule has 0 saturated carbocycles. The van der Waals surface area contributed by atoms with E-state index in [1.54, 1.807) is 0 Å². The number of hydrogen-bond donors (Lipinski definition) is 8. The van der Waals surface area contributed by atoms with E-state index in [9.17, 15) is 53.6 Å². The molecule has 0 fully saturated rings. The first-order valence-electron chi connectivity index (χ1n) is 26.7. The molecule has 0 atom stereocenters. The number of amides is 4. The minimum atomic E-state index is -3.97. The number of carbonyl (C=O) groups excluding carboxylic acids is 4. The number of sulfonamides is 2. The molecule has 0 spiro atoms. The second kappa shape index (κ2) is 38.3. The topological polar surface area (TPSA) is 397 Å². The SMILES string of the molecule is C/C(=C\c1cc(F)c(Oc2ccc(S(=O)(=O)NCCOCCOCCCOCCNC(=O)COCC(=O)NCCOCCOCCOCCNS(=O)(=O)c3ccc(Oc4c(F)cc(/C=C(\C)C(=O)N=C(N)N)cc4F)cc3)cc2)c(F)c1)C(=O)N=C(N)N. The van der Waals surface area contributed by atoms with Crippen LogP contribution in [-0.2, 0) is 72.4 Å². The number of hydrogen-bond acceptors (Lipinski definition) is 17. The molecule has 0 heterocycles. The highest BCUT2D eigenvalue weighted by Gasteiger charge is 2.20. The Bertz CT molecular complexity index is 3250. The molecule has 33 heteroatoms. The summed E-state index contributed by atoms with van der Waals surface area (Å²) in [5, 5.41) is 5.20. The van der Waals surface area contributed by atoms with Gasteiger partial charge in [0, 0.05) is 50.5 Å². The molecule has 0 unspecified atom stereocenters. The number of nitrogens with two attached hydrogens (primary N) is 4. The third-order valence-corrected chi connectivity index (χ3v) is 14.0. The summed E-state index contributed by atoms with van der Waals surface area (Å²) in [6.07, 6.45) is 2.93. The van der Waals surface area contributed by atoms with Crippen LogP contribution in [0.1, 0.15) is 31.4 Å². The highest BCUT2D eigenvalue weighted by atomic mass is 32.2. The standard InChI is InChI=1S/C55H70F4N10O17S2/c1-36(52(72)68-54(60)61)28-38-30-44(56)50(45(57)31-38)85-40-4-8-42(9-5-40)87(74,75)66-14-20-81-23-22-79-17-3-16-78-18-12-64-48(70)34-84-35-49(71)65-13-19-80-24-26-83-27-25-82-21-15-67-88(76,77)43-10-6-41(7-11-43)86-51-46(58)32-39(33-47(51)59)29-37(2)53(73)69-55(62)63/h4-11,28-33,66-67H,3,12-27,34-35H2,1-2H3,(H,64,70)(H,65,71)(H4,60,61,68,72)(H4,62,63,69,73)/b36-28+,37-29+. The fourth-order valence-electron chi connectivity index (χ4n) is 6.92. The van der Waals surface area contributed by atoms with Gasteiger partial charge in [-0.05, 0) is 116 Å². The maximum absolute atomic E-state index is 14.8. The second-order valence-electron chi connectivity index (χ2n) is 18.1. The van der Waals surface area contributed by atoms with Gasteiger partial charge in [0.1, 0.15) is 24.7 Å². The van der Waals surface area contributed by atoms with Crippen LogP contribution in [0.3, 0.4) is 0 Å². The third kappa shape index (κ3) is 27.8. The van der Waals surface area contributed by atoms with E-state index in [2.05, 4.69) is 30.1 Å². The zero-order valence-electron chi connectivity index (χ0n) is 48.0. The maximum atomic E-state index is 14.8. The molecular weight excluding hydrogens is 1210 g/mol. The lowest BCUT2D eigenvalue weighted by molar-refractivity contribution is -0.131. The summed E-state index contributed by atoms with van der Waals surface area (Å²) in [6.45, 7) is 4.75. The van der Waals surface area contributed by atoms with E-state index in [-0.39, 0.29) is 149 Å². The van der Waals surface area contributed by atoms with Crippen molar-refractivity contribution < 1.29 is 96.2 Å². The van der Waals surface area contributed by atoms with Crippen LogP contribution >= 0.6 is 0 Å². The number of benzene rings is 4. The average molecular weight is 1280 g/mol. The highest BCUT2D eigenvalue weighted by molar-refractivity contribution is 7.89. The van der Waals surface area contributed by atoms with E-state index in [0.717, 1.165) is 24.3 Å². The Morgan fingerprint density at radius 3 is 1.10 bits per heavy atom. The predicted octanol–water partition coefficient (Wildman–Crippen LogP) is 2.23. The largest absolute Gasteiger partial charge is 0.451 e. The Hall–Kier alpha value is -7.96. The lowest BCUT2D eigenvalue weighted by atomic mass is 10.1. The molecular formula is C55H70F4N10O17S2. The summed E-state index contributed by atoms with van der Waals surface area (Å²) >= 11 is 0. The number of halogens is 4. The van der Waals surface area contributed by atoms with Gasteiger partial charge in [-0.2, -0.15) is 9.98 Å². The van der Waals surface area contributed by atoms with Crippen molar-refractivity contribution in [3.63, 3.8) is 0 Å². The van der Waals surface area contributed by atoms with Crippen molar-refractivity contribution in [1.29, 1.82) is 0 Å². The van der Waals surface area contributed by atoms with Crippen LogP contribution in [0.5, 0.6) is 23.0 Å². The zero-order chi connectivity index (χ0) is 64.5. The van der Waals surface area contributed by atoms with Gasteiger partial charge in [0.2, 0.25) is 31.9 Å². The summed E-state index contributed by atoms with van der Waals surface area (Å²) in [6, 6.07) is 13.4. The predicted molar refractivity (Wildman–Crippen MR) is 311 cm³/mol. The summed E-state index contributed by atoms with van der Waals surface area (Å²) in [5.74, 6) is -9.32. The number of rotatable bonds is 41. The minimum absolute atomic E-state index is 0.00360. The summed E-state index contributed by atoms with van der Waals surface area (Å²) in [5.41, 5.74) is 20.8. The van der Waals surface area contributed by atoms with E-state index in [0.29, 0.717) is 19.6 Å². The first-order chi connectivity index (χ1) is 41.9. The number of nitrogens with one attached hydrogen (secondary N) is 4. The number of nitrogens with zero attached hydrogens (tertiary/aromatic N) is 2. The monoisotopic (exact) mass is 1280 g/mol. The van der Waals surface area contributed by atoms with Crippen molar-refractivity contribution in [3.8, 4) is 23.0 Å². The smallest absolute Gasteiger partial charge is 0.275 e. The molecule has 0 aliphatic carbocycles. The molecule has 4 rings (SSSR count). The molecule has 27 nitrogen and oxygen atoms in total. The Labute approximate surface area is 505 Å². The van der Waals surface area contributed by atoms with Crippen LogP contribution in [0.15, 0.2) is 104 Å². The van der Waals surface area contributed by atoms with Gasteiger partial charge in [0.05, 0.1) is 75.9 Å². The third-order valence-electron chi connectivity index (χ3n) is 11.0. The van der Waals surface area contributed by atoms with Crippen molar-refractivity contribution in [3.05, 3.63) is 118 Å². The van der Waals surface area contributed by atoms with Crippen molar-refractivity contribution in [1.82, 2.24) is 20.1 Å². The molecule has 88 heavy (non-hydrogen) atoms. The van der Waals surface area contributed by atoms with Crippen LogP contribution in [0, 0.1) is 23.3 Å². The first kappa shape index (κ1) is 72.5. The lowest BCUT2D eigenvalue weighted by Gasteiger charge is -2.11. The normalized spacial score (nSPS) is 11.9. The number of aliphatic imine (C=N–C) groups is 2. The van der Waals surface area contributed by atoms with Gasteiger partial charge >= 0.3 is 0 Å². The van der Waals surface area contributed by atoms with Gasteiger partial charge in [-0.1, -0.05) is 0 Å². The highest BCUT2D eigenvalue weighted by Crippen LogP contribution is 2.32. The number of guanidine groups is 2. The van der Waals surface area contributed by atoms with E-state index in [4.69, 9.17) is 65.6 Å². The number of ether oxygens (including phenoxy) is 9. The van der Waals surface area contributed by atoms with E-state index in [1.807, 2.05) is 0 Å². The summed E-state index contributed by atoms with van der Waals surface area (Å²) in [4.78, 5) is 54.3. The summed E-state index contributed by atoms with van der Waals surface area (Å²) in [7, 11) is -7.93. The Morgan fingerprint density at radius 2 is 0.761 bits per heavy atom. The van der Waals surface area contributed by atoms with Crippen molar-refractivity contribution in [2.45, 2.75) is 30.1 Å². The van der Waals surface area contributed by atoms with Crippen molar-refractivity contribution in [2.75, 3.05) is 119 Å². The van der Waals surface area contributed by atoms with Crippen molar-refractivity contribution in [2.24, 2.45) is 32.9 Å². The molecule has 0 aliphatic heterocycles. The average Bonchev–Trinajstić information content (AvgIpc) is 1.48. The van der Waals surface area contributed by atoms with E-state index in [1.165, 1.54) is 74.5 Å². The molecule has 0 bridgehead atoms. The molecule has 0 aliphatic rings. The fourth-order valence-corrected chi connectivity index (χ4v) is 8.95. The van der Waals surface area contributed by atoms with E-state index < -0.39 is 90.4 Å². The zero-order valence-corrected chi connectivity index (χ0v) is 49.6. The van der Waals surface area contributed by atoms with Crippen LogP contribution in [0.2, 0.25) is 0 Å². The lowest BCUT2D eigenvalue weighted by Crippen LogP contribution is -2.34. The van der Waals surface area contributed by atoms with Crippen LogP contribution in [0.4, 0.5) is 17.6 Å². The van der Waals surface area contributed by atoms with Gasteiger partial charge in [0.15, 0.2) is 46.7 Å². The van der Waals surface area contributed by atoms with E-state index >= 15 is 0 Å². The van der Waals surface area contributed by atoms with Crippen LogP contribution < -0.4 is 52.5 Å². The molecule has 4 aromatic carbocycles. The Balaban J connectivity index is 0.906. The molecule has 482 valence electrons. The van der Waals surface area contributed by atoms with Gasteiger partial charge in [-0.25, -0.2) is 43.8 Å². The first-order valence-corrected chi connectivity index (χ1v) is 29.7. The van der Waals surface area contributed by atoms with Crippen molar-refractivity contribution >= 4 is 67.7 Å². The molecule has 12 N–H and O–H groups in total. The Kier molecular flexibility index (Phi) is 31.6. The number of carbonyl (C=O) groups is 4. The van der Waals surface area contributed by atoms with Crippen LogP contribution in [0.25, 0.3) is 12.2 Å². The molecule has 0 saturated heterocycles. The van der Waals surface area contributed by atoms with Gasteiger partial charge < -0.3 is 76.2 Å². The minimum Gasteiger partial charge on any atom is -0.451 e. The van der Waals surface area contributed by atoms with Gasteiger partial charge in [0.25, 0.3) is 11.8 Å². The second-order valence-corrected chi connectivity index (χ2v) is 21.7. The van der Waals surface area contributed by atoms with Gasteiger partial charge in [-0.15, -0.1) is 0 Å². The van der Waals surface area contributed by atoms with Crippen LogP contribution in [-0.4, -0.2) is 171 Å². The Morgan fingerprint density at radius 1 is 0.455 bits per heavy atom. The maximum Gasteiger partial charge on any atom is 0.275 e. The molecule has 0 radical (unpaired) electrons. The van der Waals surface area contributed by atoms with Gasteiger partial charge in [-0.3, -0.25) is 19.2 Å². The fraction of sp³-hybridized carbons (Fsp3) is 0.382. The molecule has 0 aromatic heterocycles. The summed E-state index contributed by atoms with van der Waals surface area (Å²) < 4.78 is 163. The molecule has 4 aromatic rings. The molecule has 4 amide bonds. The quantitative estimate of drug-likeness (QED) is 0.0104.